The van der Waals surface area contributed by atoms with Gasteiger partial charge < -0.3 is 0 Å². The molecule has 1 aliphatic rings. The Labute approximate surface area is 159 Å². The third-order valence-electron chi connectivity index (χ3n) is 5.88. The standard InChI is InChI=1S/C26H19N/c1-16-12-20-9-11-22-21-10-8-18(15-27)14-24(21)25(19-6-4-3-5-7-19)26(22)23(20)13-17(16)2/h3-14,25H,1-2H3. The Morgan fingerprint density at radius 3 is 2.30 bits per heavy atom. The highest BCUT2D eigenvalue weighted by molar-refractivity contribution is 5.98. The summed E-state index contributed by atoms with van der Waals surface area (Å²) in [5.74, 6) is 0.162. The van der Waals surface area contributed by atoms with Gasteiger partial charge in [0.05, 0.1) is 11.6 Å². The number of rotatable bonds is 1. The van der Waals surface area contributed by atoms with Gasteiger partial charge in [-0.15, -0.1) is 0 Å². The third kappa shape index (κ3) is 2.31. The Morgan fingerprint density at radius 1 is 0.778 bits per heavy atom. The molecule has 5 rings (SSSR count). The van der Waals surface area contributed by atoms with E-state index in [0.717, 1.165) is 5.56 Å². The normalized spacial score (nSPS) is 14.6. The first-order valence-electron chi connectivity index (χ1n) is 9.30. The van der Waals surface area contributed by atoms with E-state index in [9.17, 15) is 5.26 Å². The number of benzene rings is 4. The van der Waals surface area contributed by atoms with Crippen LogP contribution in [-0.4, -0.2) is 0 Å². The molecule has 4 aromatic carbocycles. The third-order valence-corrected chi connectivity index (χ3v) is 5.88. The SMILES string of the molecule is Cc1cc2ccc3c(c2cc1C)C(c1ccccc1)c1cc(C#N)ccc1-3. The molecule has 0 aliphatic heterocycles. The molecule has 0 bridgehead atoms. The fraction of sp³-hybridized carbons (Fsp3) is 0.115. The molecular formula is C26H19N. The van der Waals surface area contributed by atoms with Gasteiger partial charge in [0, 0.05) is 5.92 Å². The van der Waals surface area contributed by atoms with Crippen molar-refractivity contribution in [1.29, 1.82) is 5.26 Å². The molecule has 0 N–H and O–H groups in total. The predicted molar refractivity (Wildman–Crippen MR) is 111 cm³/mol. The van der Waals surface area contributed by atoms with E-state index in [1.54, 1.807) is 0 Å². The van der Waals surface area contributed by atoms with Crippen LogP contribution in [0.15, 0.2) is 72.8 Å². The summed E-state index contributed by atoms with van der Waals surface area (Å²) >= 11 is 0. The average molecular weight is 345 g/mol. The van der Waals surface area contributed by atoms with Crippen LogP contribution in [-0.2, 0) is 0 Å². The first-order chi connectivity index (χ1) is 13.2. The van der Waals surface area contributed by atoms with Crippen molar-refractivity contribution >= 4 is 10.8 Å². The average Bonchev–Trinajstić information content (AvgIpc) is 3.03. The maximum Gasteiger partial charge on any atom is 0.0991 e. The van der Waals surface area contributed by atoms with Crippen LogP contribution in [0.1, 0.15) is 39.3 Å². The molecule has 0 aromatic heterocycles. The zero-order valence-electron chi connectivity index (χ0n) is 15.5. The zero-order valence-corrected chi connectivity index (χ0v) is 15.5. The second-order valence-electron chi connectivity index (χ2n) is 7.44. The first-order valence-corrected chi connectivity index (χ1v) is 9.30. The van der Waals surface area contributed by atoms with Gasteiger partial charge in [0.15, 0.2) is 0 Å². The van der Waals surface area contributed by atoms with E-state index in [1.807, 2.05) is 6.07 Å². The van der Waals surface area contributed by atoms with Crippen LogP contribution in [0.4, 0.5) is 0 Å². The highest BCUT2D eigenvalue weighted by Crippen LogP contribution is 2.51. The Kier molecular flexibility index (Phi) is 3.42. The first kappa shape index (κ1) is 15.9. The van der Waals surface area contributed by atoms with Crippen LogP contribution in [0.2, 0.25) is 0 Å². The number of hydrogen-bond acceptors (Lipinski definition) is 1. The lowest BCUT2D eigenvalue weighted by Crippen LogP contribution is -2.00. The molecule has 0 spiro atoms. The van der Waals surface area contributed by atoms with Crippen molar-refractivity contribution in [3.8, 4) is 17.2 Å². The molecule has 0 saturated carbocycles. The van der Waals surface area contributed by atoms with Crippen LogP contribution in [0.3, 0.4) is 0 Å². The van der Waals surface area contributed by atoms with Gasteiger partial charge in [-0.2, -0.15) is 5.26 Å². The molecule has 1 unspecified atom stereocenters. The summed E-state index contributed by atoms with van der Waals surface area (Å²) < 4.78 is 0. The molecular weight excluding hydrogens is 326 g/mol. The van der Waals surface area contributed by atoms with Gasteiger partial charge in [-0.1, -0.05) is 60.7 Å². The molecule has 0 saturated heterocycles. The molecule has 0 heterocycles. The lowest BCUT2D eigenvalue weighted by Gasteiger charge is -2.17. The molecule has 27 heavy (non-hydrogen) atoms. The van der Waals surface area contributed by atoms with Crippen LogP contribution in [0.5, 0.6) is 0 Å². The highest BCUT2D eigenvalue weighted by atomic mass is 14.3. The van der Waals surface area contributed by atoms with Crippen molar-refractivity contribution < 1.29 is 0 Å². The van der Waals surface area contributed by atoms with Gasteiger partial charge in [-0.3, -0.25) is 0 Å². The van der Waals surface area contributed by atoms with E-state index in [0.29, 0.717) is 0 Å². The molecule has 4 aromatic rings. The summed E-state index contributed by atoms with van der Waals surface area (Å²) in [7, 11) is 0. The highest BCUT2D eigenvalue weighted by Gasteiger charge is 2.31. The molecule has 0 amide bonds. The zero-order chi connectivity index (χ0) is 18.5. The van der Waals surface area contributed by atoms with Crippen molar-refractivity contribution in [3.05, 3.63) is 106 Å². The van der Waals surface area contributed by atoms with Crippen molar-refractivity contribution in [2.24, 2.45) is 0 Å². The summed E-state index contributed by atoms with van der Waals surface area (Å²) in [6, 6.07) is 28.2. The summed E-state index contributed by atoms with van der Waals surface area (Å²) in [6.07, 6.45) is 0. The van der Waals surface area contributed by atoms with Gasteiger partial charge in [-0.05, 0) is 75.7 Å². The minimum Gasteiger partial charge on any atom is -0.192 e. The van der Waals surface area contributed by atoms with Gasteiger partial charge in [-0.25, -0.2) is 0 Å². The van der Waals surface area contributed by atoms with Crippen molar-refractivity contribution in [2.75, 3.05) is 0 Å². The maximum absolute atomic E-state index is 9.43. The minimum absolute atomic E-state index is 0.162. The molecule has 1 nitrogen and oxygen atoms in total. The summed E-state index contributed by atoms with van der Waals surface area (Å²) in [6.45, 7) is 4.35. The molecule has 1 aliphatic carbocycles. The maximum atomic E-state index is 9.43. The van der Waals surface area contributed by atoms with E-state index < -0.39 is 0 Å². The number of fused-ring (bicyclic) bond motifs is 5. The van der Waals surface area contributed by atoms with E-state index in [4.69, 9.17) is 0 Å². The van der Waals surface area contributed by atoms with Crippen molar-refractivity contribution in [2.45, 2.75) is 19.8 Å². The Bertz CT molecular complexity index is 1240. The Balaban J connectivity index is 1.90. The summed E-state index contributed by atoms with van der Waals surface area (Å²) in [5, 5.41) is 12.0. The minimum atomic E-state index is 0.162. The van der Waals surface area contributed by atoms with Crippen LogP contribution in [0.25, 0.3) is 21.9 Å². The topological polar surface area (TPSA) is 23.8 Å². The molecule has 1 atom stereocenters. The van der Waals surface area contributed by atoms with E-state index in [-0.39, 0.29) is 5.92 Å². The Hall–Kier alpha value is -3.37. The van der Waals surface area contributed by atoms with Crippen LogP contribution in [0, 0.1) is 25.2 Å². The van der Waals surface area contributed by atoms with E-state index in [1.165, 1.54) is 49.7 Å². The predicted octanol–water partition coefficient (Wildman–Crippen LogP) is 6.49. The van der Waals surface area contributed by atoms with Gasteiger partial charge in [0.25, 0.3) is 0 Å². The lowest BCUT2D eigenvalue weighted by molar-refractivity contribution is 1.02. The fourth-order valence-corrected chi connectivity index (χ4v) is 4.43. The second-order valence-corrected chi connectivity index (χ2v) is 7.44. The van der Waals surface area contributed by atoms with Gasteiger partial charge in [0.2, 0.25) is 0 Å². The summed E-state index contributed by atoms with van der Waals surface area (Å²) in [5.41, 5.74) is 9.78. The molecule has 128 valence electrons. The number of hydrogen-bond donors (Lipinski definition) is 0. The molecule has 0 fully saturated rings. The van der Waals surface area contributed by atoms with Crippen LogP contribution < -0.4 is 0 Å². The number of aryl methyl sites for hydroxylation is 2. The molecule has 0 radical (unpaired) electrons. The second kappa shape index (κ2) is 5.83. The smallest absolute Gasteiger partial charge is 0.0991 e. The Morgan fingerprint density at radius 2 is 1.52 bits per heavy atom. The van der Waals surface area contributed by atoms with Gasteiger partial charge in [0.1, 0.15) is 0 Å². The quantitative estimate of drug-likeness (QED) is 0.341. The summed E-state index contributed by atoms with van der Waals surface area (Å²) in [4.78, 5) is 0. The van der Waals surface area contributed by atoms with Crippen molar-refractivity contribution in [3.63, 3.8) is 0 Å². The number of nitriles is 1. The lowest BCUT2D eigenvalue weighted by atomic mass is 9.85. The van der Waals surface area contributed by atoms with E-state index in [2.05, 4.69) is 86.6 Å². The van der Waals surface area contributed by atoms with Crippen molar-refractivity contribution in [1.82, 2.24) is 0 Å². The molecule has 1 heteroatoms. The monoisotopic (exact) mass is 345 g/mol. The fourth-order valence-electron chi connectivity index (χ4n) is 4.43. The van der Waals surface area contributed by atoms with Gasteiger partial charge >= 0.3 is 0 Å². The number of nitrogens with zero attached hydrogens (tertiary/aromatic N) is 1. The van der Waals surface area contributed by atoms with Crippen LogP contribution >= 0.6 is 0 Å². The van der Waals surface area contributed by atoms with E-state index >= 15 is 0 Å². The largest absolute Gasteiger partial charge is 0.192 e.